The number of carbonyl (C=O) groups is 1. The van der Waals surface area contributed by atoms with Crippen molar-refractivity contribution in [3.63, 3.8) is 0 Å². The fourth-order valence-corrected chi connectivity index (χ4v) is 1.47. The van der Waals surface area contributed by atoms with Crippen molar-refractivity contribution >= 4 is 5.97 Å². The van der Waals surface area contributed by atoms with E-state index in [1.807, 2.05) is 6.42 Å². The van der Waals surface area contributed by atoms with Crippen LogP contribution in [0.4, 0.5) is 0 Å². The zero-order chi connectivity index (χ0) is 10.6. The Morgan fingerprint density at radius 3 is 2.21 bits per heavy atom. The number of hydrogen-bond acceptors (Lipinski definition) is 1. The van der Waals surface area contributed by atoms with E-state index in [1.54, 1.807) is 0 Å². The smallest absolute Gasteiger partial charge is 0.303 e. The zero-order valence-electron chi connectivity index (χ0n) is 9.30. The minimum atomic E-state index is -0.715. The highest BCUT2D eigenvalue weighted by Gasteiger charge is 1.96. The summed E-state index contributed by atoms with van der Waals surface area (Å²) in [6, 6.07) is 0. The normalized spacial score (nSPS) is 10.4. The summed E-state index contributed by atoms with van der Waals surface area (Å²) in [6.07, 6.45) is 12.1. The number of unbranched alkanes of at least 4 members (excludes halogenated alkanes) is 8. The molecule has 2 nitrogen and oxygen atoms in total. The third-order valence-electron chi connectivity index (χ3n) is 2.33. The fourth-order valence-electron chi connectivity index (χ4n) is 1.47. The van der Waals surface area contributed by atoms with E-state index in [0.29, 0.717) is 0 Å². The Bertz CT molecular complexity index is 132. The Balaban J connectivity index is 2.88. The van der Waals surface area contributed by atoms with Gasteiger partial charge < -0.3 is 5.11 Å². The molecule has 0 saturated heterocycles. The van der Waals surface area contributed by atoms with Gasteiger partial charge in [0.1, 0.15) is 0 Å². The summed E-state index contributed by atoms with van der Waals surface area (Å²) in [5, 5.41) is 8.38. The molecule has 0 saturated carbocycles. The largest absolute Gasteiger partial charge is 0.481 e. The van der Waals surface area contributed by atoms with Gasteiger partial charge in [0.15, 0.2) is 0 Å². The van der Waals surface area contributed by atoms with Gasteiger partial charge in [-0.3, -0.25) is 4.79 Å². The van der Waals surface area contributed by atoms with Gasteiger partial charge in [-0.25, -0.2) is 0 Å². The maximum absolute atomic E-state index is 10.2. The summed E-state index contributed by atoms with van der Waals surface area (Å²) in [5.74, 6) is -0.715. The van der Waals surface area contributed by atoms with Crippen LogP contribution in [0.5, 0.6) is 0 Å². The number of hydrogen-bond donors (Lipinski definition) is 1. The van der Waals surface area contributed by atoms with Crippen LogP contribution in [0.15, 0.2) is 0 Å². The summed E-state index contributed by atoms with van der Waals surface area (Å²) < 4.78 is 0. The molecule has 0 aliphatic heterocycles. The summed E-state index contributed by atoms with van der Waals surface area (Å²) >= 11 is 0. The van der Waals surface area contributed by atoms with E-state index in [2.05, 4.69) is 6.92 Å². The average Bonchev–Trinajstić information content (AvgIpc) is 2.15. The topological polar surface area (TPSA) is 37.3 Å². The lowest BCUT2D eigenvalue weighted by atomic mass is 10.1. The first-order chi connectivity index (χ1) is 6.77. The Morgan fingerprint density at radius 2 is 1.64 bits per heavy atom. The van der Waals surface area contributed by atoms with Gasteiger partial charge in [-0.2, -0.15) is 0 Å². The van der Waals surface area contributed by atoms with Crippen LogP contribution in [0.25, 0.3) is 0 Å². The molecule has 2 heteroatoms. The van der Waals surface area contributed by atoms with Gasteiger partial charge in [-0.05, 0) is 12.8 Å². The van der Waals surface area contributed by atoms with Gasteiger partial charge >= 0.3 is 5.97 Å². The Kier molecular flexibility index (Phi) is 10.2. The molecule has 0 unspecified atom stereocenters. The van der Waals surface area contributed by atoms with Crippen molar-refractivity contribution in [2.45, 2.75) is 64.7 Å². The quantitative estimate of drug-likeness (QED) is 0.543. The molecule has 1 N–H and O–H groups in total. The van der Waals surface area contributed by atoms with Crippen molar-refractivity contribution in [1.29, 1.82) is 0 Å². The molecule has 0 rings (SSSR count). The highest BCUT2D eigenvalue weighted by Crippen LogP contribution is 2.09. The molecule has 1 radical (unpaired) electrons. The van der Waals surface area contributed by atoms with Crippen molar-refractivity contribution in [1.82, 2.24) is 0 Å². The minimum absolute atomic E-state index is 0.218. The number of carboxylic acids is 1. The van der Waals surface area contributed by atoms with Crippen molar-refractivity contribution in [2.24, 2.45) is 0 Å². The van der Waals surface area contributed by atoms with Crippen LogP contribution in [-0.4, -0.2) is 11.1 Å². The van der Waals surface area contributed by atoms with E-state index in [4.69, 9.17) is 5.11 Å². The maximum Gasteiger partial charge on any atom is 0.303 e. The van der Waals surface area contributed by atoms with Crippen molar-refractivity contribution in [2.75, 3.05) is 0 Å². The first kappa shape index (κ1) is 13.5. The van der Waals surface area contributed by atoms with Crippen LogP contribution in [0.1, 0.15) is 64.7 Å². The van der Waals surface area contributed by atoms with E-state index < -0.39 is 5.97 Å². The maximum atomic E-state index is 10.2. The van der Waals surface area contributed by atoms with Crippen molar-refractivity contribution < 1.29 is 9.90 Å². The highest BCUT2D eigenvalue weighted by atomic mass is 16.4. The molecular formula is C12H23O2. The van der Waals surface area contributed by atoms with Crippen molar-refractivity contribution in [3.8, 4) is 0 Å². The molecule has 0 aliphatic carbocycles. The molecule has 0 fully saturated rings. The molecular weight excluding hydrogens is 176 g/mol. The van der Waals surface area contributed by atoms with Gasteiger partial charge in [0.2, 0.25) is 0 Å². The second-order valence-electron chi connectivity index (χ2n) is 3.80. The third kappa shape index (κ3) is 11.5. The van der Waals surface area contributed by atoms with Gasteiger partial charge in [-0.1, -0.05) is 51.9 Å². The van der Waals surface area contributed by atoms with E-state index in [1.165, 1.54) is 38.5 Å². The van der Waals surface area contributed by atoms with Crippen LogP contribution in [0, 0.1) is 6.42 Å². The SMILES string of the molecule is CCCCCCCCC[CH]CC(=O)O. The second-order valence-corrected chi connectivity index (χ2v) is 3.80. The second kappa shape index (κ2) is 10.6. The number of rotatable bonds is 10. The lowest BCUT2D eigenvalue weighted by Gasteiger charge is -2.00. The molecule has 0 aliphatic rings. The van der Waals surface area contributed by atoms with Crippen LogP contribution in [0.3, 0.4) is 0 Å². The highest BCUT2D eigenvalue weighted by molar-refractivity contribution is 5.67. The summed E-state index contributed by atoms with van der Waals surface area (Å²) in [4.78, 5) is 10.2. The van der Waals surface area contributed by atoms with Crippen LogP contribution in [0.2, 0.25) is 0 Å². The van der Waals surface area contributed by atoms with E-state index in [9.17, 15) is 4.79 Å². The Morgan fingerprint density at radius 1 is 1.07 bits per heavy atom. The Hall–Kier alpha value is -0.530. The average molecular weight is 199 g/mol. The Labute approximate surface area is 87.7 Å². The molecule has 14 heavy (non-hydrogen) atoms. The van der Waals surface area contributed by atoms with Gasteiger partial charge in [0.05, 0.1) is 0 Å². The van der Waals surface area contributed by atoms with Crippen molar-refractivity contribution in [3.05, 3.63) is 6.42 Å². The lowest BCUT2D eigenvalue weighted by molar-refractivity contribution is -0.136. The molecule has 0 bridgehead atoms. The molecule has 83 valence electrons. The third-order valence-corrected chi connectivity index (χ3v) is 2.33. The van der Waals surface area contributed by atoms with Crippen LogP contribution < -0.4 is 0 Å². The standard InChI is InChI=1S/C12H23O2/c1-2-3-4-5-6-7-8-9-10-11-12(13)14/h10H,2-9,11H2,1H3,(H,13,14). The molecule has 0 atom stereocenters. The van der Waals surface area contributed by atoms with E-state index in [0.717, 1.165) is 12.8 Å². The van der Waals surface area contributed by atoms with Gasteiger partial charge in [0.25, 0.3) is 0 Å². The summed E-state index contributed by atoms with van der Waals surface area (Å²) in [7, 11) is 0. The predicted molar refractivity (Wildman–Crippen MR) is 59.2 cm³/mol. The number of carboxylic acid groups (broad SMARTS) is 1. The molecule has 0 aromatic carbocycles. The predicted octanol–water partition coefficient (Wildman–Crippen LogP) is 3.81. The lowest BCUT2D eigenvalue weighted by Crippen LogP contribution is -1.94. The van der Waals surface area contributed by atoms with E-state index >= 15 is 0 Å². The zero-order valence-corrected chi connectivity index (χ0v) is 9.30. The van der Waals surface area contributed by atoms with Crippen LogP contribution >= 0.6 is 0 Å². The van der Waals surface area contributed by atoms with E-state index in [-0.39, 0.29) is 6.42 Å². The first-order valence-electron chi connectivity index (χ1n) is 5.80. The molecule has 0 heterocycles. The first-order valence-corrected chi connectivity index (χ1v) is 5.80. The monoisotopic (exact) mass is 199 g/mol. The van der Waals surface area contributed by atoms with Gasteiger partial charge in [-0.15, -0.1) is 0 Å². The summed E-state index contributed by atoms with van der Waals surface area (Å²) in [6.45, 7) is 2.22. The van der Waals surface area contributed by atoms with Crippen LogP contribution in [-0.2, 0) is 4.79 Å². The number of aliphatic carboxylic acids is 1. The summed E-state index contributed by atoms with van der Waals surface area (Å²) in [5.41, 5.74) is 0. The molecule has 0 aromatic rings. The molecule has 0 aromatic heterocycles. The molecule has 0 spiro atoms. The van der Waals surface area contributed by atoms with Gasteiger partial charge in [0, 0.05) is 6.42 Å². The minimum Gasteiger partial charge on any atom is -0.481 e. The fraction of sp³-hybridized carbons (Fsp3) is 0.833. The molecule has 0 amide bonds.